The van der Waals surface area contributed by atoms with E-state index in [-0.39, 0.29) is 11.6 Å². The van der Waals surface area contributed by atoms with Crippen LogP contribution >= 0.6 is 0 Å². The SMILES string of the molecule is CNc1ccc(C(=O)NCc2ccc(C#N)cc2)nn1. The van der Waals surface area contributed by atoms with Gasteiger partial charge >= 0.3 is 0 Å². The number of nitrogens with zero attached hydrogens (tertiary/aromatic N) is 3. The number of aromatic nitrogens is 2. The van der Waals surface area contributed by atoms with Gasteiger partial charge in [0.1, 0.15) is 5.82 Å². The van der Waals surface area contributed by atoms with Gasteiger partial charge in [0, 0.05) is 13.6 Å². The maximum absolute atomic E-state index is 11.9. The summed E-state index contributed by atoms with van der Waals surface area (Å²) in [6.07, 6.45) is 0. The molecule has 0 spiro atoms. The Morgan fingerprint density at radius 2 is 1.95 bits per heavy atom. The molecule has 2 aromatic rings. The van der Waals surface area contributed by atoms with Crippen molar-refractivity contribution in [3.8, 4) is 6.07 Å². The van der Waals surface area contributed by atoms with Crippen LogP contribution in [0.2, 0.25) is 0 Å². The quantitative estimate of drug-likeness (QED) is 0.871. The molecule has 0 radical (unpaired) electrons. The highest BCUT2D eigenvalue weighted by atomic mass is 16.1. The van der Waals surface area contributed by atoms with E-state index < -0.39 is 0 Å². The molecule has 0 saturated carbocycles. The van der Waals surface area contributed by atoms with E-state index in [1.807, 2.05) is 6.07 Å². The number of nitrogens with one attached hydrogen (secondary N) is 2. The molecule has 6 nitrogen and oxygen atoms in total. The molecule has 6 heteroatoms. The Hall–Kier alpha value is -2.94. The molecule has 0 aliphatic carbocycles. The van der Waals surface area contributed by atoms with Crippen molar-refractivity contribution in [2.24, 2.45) is 0 Å². The molecular formula is C14H13N5O. The van der Waals surface area contributed by atoms with Crippen LogP contribution in [-0.2, 0) is 6.54 Å². The summed E-state index contributed by atoms with van der Waals surface area (Å²) in [5.74, 6) is 0.318. The van der Waals surface area contributed by atoms with Crippen molar-refractivity contribution in [1.29, 1.82) is 5.26 Å². The number of nitriles is 1. The van der Waals surface area contributed by atoms with Gasteiger partial charge in [0.05, 0.1) is 11.6 Å². The van der Waals surface area contributed by atoms with Crippen LogP contribution in [0.25, 0.3) is 0 Å². The molecule has 0 bridgehead atoms. The standard InChI is InChI=1S/C14H13N5O/c1-16-13-7-6-12(18-19-13)14(20)17-9-11-4-2-10(8-15)3-5-11/h2-7H,9H2,1H3,(H,16,19)(H,17,20). The van der Waals surface area contributed by atoms with Gasteiger partial charge in [-0.3, -0.25) is 4.79 Å². The van der Waals surface area contributed by atoms with Crippen molar-refractivity contribution in [2.75, 3.05) is 12.4 Å². The number of amides is 1. The minimum atomic E-state index is -0.287. The van der Waals surface area contributed by atoms with Gasteiger partial charge < -0.3 is 10.6 Å². The second-order valence-corrected chi connectivity index (χ2v) is 4.05. The van der Waals surface area contributed by atoms with E-state index in [1.165, 1.54) is 0 Å². The van der Waals surface area contributed by atoms with Gasteiger partial charge in [-0.2, -0.15) is 5.26 Å². The Morgan fingerprint density at radius 3 is 2.50 bits per heavy atom. The van der Waals surface area contributed by atoms with E-state index in [9.17, 15) is 4.79 Å². The lowest BCUT2D eigenvalue weighted by Crippen LogP contribution is -2.24. The molecule has 2 N–H and O–H groups in total. The highest BCUT2D eigenvalue weighted by molar-refractivity contribution is 5.92. The van der Waals surface area contributed by atoms with Crippen molar-refractivity contribution in [1.82, 2.24) is 15.5 Å². The largest absolute Gasteiger partial charge is 0.372 e. The summed E-state index contributed by atoms with van der Waals surface area (Å²) >= 11 is 0. The molecule has 2 rings (SSSR count). The van der Waals surface area contributed by atoms with Crippen molar-refractivity contribution in [3.05, 3.63) is 53.2 Å². The van der Waals surface area contributed by atoms with E-state index in [4.69, 9.17) is 5.26 Å². The minimum absolute atomic E-state index is 0.262. The average Bonchev–Trinajstić information content (AvgIpc) is 2.53. The topological polar surface area (TPSA) is 90.7 Å². The van der Waals surface area contributed by atoms with E-state index in [1.54, 1.807) is 43.4 Å². The number of anilines is 1. The first kappa shape index (κ1) is 13.5. The third-order valence-corrected chi connectivity index (χ3v) is 2.69. The van der Waals surface area contributed by atoms with Crippen LogP contribution in [0.4, 0.5) is 5.82 Å². The first-order valence-corrected chi connectivity index (χ1v) is 6.01. The summed E-state index contributed by atoms with van der Waals surface area (Å²) in [7, 11) is 1.73. The molecule has 0 unspecified atom stereocenters. The van der Waals surface area contributed by atoms with Crippen LogP contribution in [0.3, 0.4) is 0 Å². The van der Waals surface area contributed by atoms with Gasteiger partial charge in [-0.15, -0.1) is 10.2 Å². The lowest BCUT2D eigenvalue weighted by molar-refractivity contribution is 0.0945. The van der Waals surface area contributed by atoms with Gasteiger partial charge in [-0.1, -0.05) is 12.1 Å². The Morgan fingerprint density at radius 1 is 1.20 bits per heavy atom. The van der Waals surface area contributed by atoms with E-state index in [0.717, 1.165) is 5.56 Å². The molecule has 20 heavy (non-hydrogen) atoms. The van der Waals surface area contributed by atoms with Crippen molar-refractivity contribution in [2.45, 2.75) is 6.54 Å². The maximum Gasteiger partial charge on any atom is 0.272 e. The molecule has 1 aromatic heterocycles. The lowest BCUT2D eigenvalue weighted by Gasteiger charge is -2.05. The predicted octanol–water partition coefficient (Wildman–Crippen LogP) is 1.32. The molecule has 0 fully saturated rings. The molecule has 1 heterocycles. The molecular weight excluding hydrogens is 254 g/mol. The van der Waals surface area contributed by atoms with Gasteiger partial charge in [-0.05, 0) is 29.8 Å². The Balaban J connectivity index is 1.95. The second-order valence-electron chi connectivity index (χ2n) is 4.05. The van der Waals surface area contributed by atoms with Crippen LogP contribution in [0.1, 0.15) is 21.6 Å². The number of hydrogen-bond acceptors (Lipinski definition) is 5. The number of carbonyl (C=O) groups is 1. The zero-order valence-corrected chi connectivity index (χ0v) is 10.9. The number of carbonyl (C=O) groups excluding carboxylic acids is 1. The fraction of sp³-hybridized carbons (Fsp3) is 0.143. The third kappa shape index (κ3) is 3.29. The molecule has 100 valence electrons. The summed E-state index contributed by atoms with van der Waals surface area (Å²) in [5, 5.41) is 21.9. The fourth-order valence-electron chi connectivity index (χ4n) is 1.56. The molecule has 1 aromatic carbocycles. The third-order valence-electron chi connectivity index (χ3n) is 2.69. The zero-order chi connectivity index (χ0) is 14.4. The van der Waals surface area contributed by atoms with Gasteiger partial charge in [0.25, 0.3) is 5.91 Å². The van der Waals surface area contributed by atoms with Gasteiger partial charge in [0.15, 0.2) is 5.69 Å². The first-order chi connectivity index (χ1) is 9.72. The lowest BCUT2D eigenvalue weighted by atomic mass is 10.1. The fourth-order valence-corrected chi connectivity index (χ4v) is 1.56. The highest BCUT2D eigenvalue weighted by Crippen LogP contribution is 2.04. The van der Waals surface area contributed by atoms with Gasteiger partial charge in [-0.25, -0.2) is 0 Å². The monoisotopic (exact) mass is 267 g/mol. The number of benzene rings is 1. The molecule has 0 saturated heterocycles. The van der Waals surface area contributed by atoms with Crippen molar-refractivity contribution >= 4 is 11.7 Å². The first-order valence-electron chi connectivity index (χ1n) is 6.01. The van der Waals surface area contributed by atoms with Gasteiger partial charge in [0.2, 0.25) is 0 Å². The van der Waals surface area contributed by atoms with Crippen molar-refractivity contribution < 1.29 is 4.79 Å². The Bertz CT molecular complexity index is 628. The van der Waals surface area contributed by atoms with E-state index >= 15 is 0 Å². The number of rotatable bonds is 4. The highest BCUT2D eigenvalue weighted by Gasteiger charge is 2.07. The van der Waals surface area contributed by atoms with E-state index in [2.05, 4.69) is 20.8 Å². The summed E-state index contributed by atoms with van der Waals surface area (Å²) in [6, 6.07) is 12.4. The van der Waals surface area contributed by atoms with Crippen molar-refractivity contribution in [3.63, 3.8) is 0 Å². The Labute approximate surface area is 116 Å². The second kappa shape index (κ2) is 6.29. The summed E-state index contributed by atoms with van der Waals surface area (Å²) in [5.41, 5.74) is 1.77. The summed E-state index contributed by atoms with van der Waals surface area (Å²) in [4.78, 5) is 11.9. The Kier molecular flexibility index (Phi) is 4.24. The maximum atomic E-state index is 11.9. The molecule has 0 aliphatic rings. The van der Waals surface area contributed by atoms with E-state index in [0.29, 0.717) is 17.9 Å². The molecule has 0 aliphatic heterocycles. The number of hydrogen-bond donors (Lipinski definition) is 2. The van der Waals surface area contributed by atoms with Crippen LogP contribution < -0.4 is 10.6 Å². The van der Waals surface area contributed by atoms with Crippen LogP contribution in [0.15, 0.2) is 36.4 Å². The summed E-state index contributed by atoms with van der Waals surface area (Å²) in [6.45, 7) is 0.375. The normalized spacial score (nSPS) is 9.60. The smallest absolute Gasteiger partial charge is 0.272 e. The van der Waals surface area contributed by atoms with Crippen LogP contribution in [-0.4, -0.2) is 23.2 Å². The zero-order valence-electron chi connectivity index (χ0n) is 10.9. The average molecular weight is 267 g/mol. The van der Waals surface area contributed by atoms with Crippen LogP contribution in [0.5, 0.6) is 0 Å². The molecule has 0 atom stereocenters. The van der Waals surface area contributed by atoms with Crippen LogP contribution in [0, 0.1) is 11.3 Å². The predicted molar refractivity (Wildman–Crippen MR) is 73.9 cm³/mol. The molecule has 1 amide bonds. The minimum Gasteiger partial charge on any atom is -0.372 e. The summed E-state index contributed by atoms with van der Waals surface area (Å²) < 4.78 is 0.